The molecule has 0 spiro atoms. The average Bonchev–Trinajstić information content (AvgIpc) is 3.17. The Morgan fingerprint density at radius 1 is 0.278 bits per heavy atom. The average molecular weight is 763 g/mol. The zero-order valence-corrected chi connectivity index (χ0v) is 29.5. The van der Waals surface area contributed by atoms with Gasteiger partial charge in [-0.15, -0.1) is 0 Å². The van der Waals surface area contributed by atoms with E-state index in [1.807, 2.05) is 0 Å². The summed E-state index contributed by atoms with van der Waals surface area (Å²) in [6.45, 7) is 15.6. The van der Waals surface area contributed by atoms with Crippen molar-refractivity contribution in [2.45, 2.75) is 0 Å². The fourth-order valence-electron chi connectivity index (χ4n) is 4.00. The Kier molecular flexibility index (Phi) is 22.7. The number of carbonyl (C=O) groups excluding carboxylic acids is 6. The van der Waals surface area contributed by atoms with Crippen LogP contribution in [0.2, 0.25) is 0 Å². The molecule has 18 nitrogen and oxygen atoms in total. The molecule has 0 saturated carbocycles. The molecule has 0 radical (unpaired) electrons. The minimum atomic E-state index is -1.49. The summed E-state index contributed by atoms with van der Waals surface area (Å²) in [6, 6.07) is 0. The highest BCUT2D eigenvalue weighted by atomic mass is 16.6. The maximum atomic E-state index is 14.0. The molecular formula is C36H42O18. The van der Waals surface area contributed by atoms with Crippen LogP contribution in [0, 0.1) is 0 Å². The van der Waals surface area contributed by atoms with Gasteiger partial charge in [0.25, 0.3) is 0 Å². The Morgan fingerprint density at radius 3 is 0.519 bits per heavy atom. The number of hydrogen-bond acceptors (Lipinski definition) is 18. The zero-order chi connectivity index (χ0) is 40.1. The molecule has 1 aromatic carbocycles. The first kappa shape index (κ1) is 45.3. The van der Waals surface area contributed by atoms with Crippen LogP contribution < -0.4 is 0 Å². The molecule has 0 amide bonds. The third-order valence-corrected chi connectivity index (χ3v) is 6.04. The number of benzene rings is 1. The Bertz CT molecular complexity index is 1200. The van der Waals surface area contributed by atoms with Crippen LogP contribution in [0.4, 0.5) is 0 Å². The summed E-state index contributed by atoms with van der Waals surface area (Å²) in [5.41, 5.74) is -6.37. The van der Waals surface area contributed by atoms with Gasteiger partial charge in [-0.25, -0.2) is 28.8 Å². The van der Waals surface area contributed by atoms with Crippen molar-refractivity contribution in [1.29, 1.82) is 0 Å². The van der Waals surface area contributed by atoms with E-state index in [2.05, 4.69) is 39.5 Å². The molecule has 0 heterocycles. The van der Waals surface area contributed by atoms with E-state index in [9.17, 15) is 28.8 Å². The molecule has 0 aliphatic rings. The molecule has 0 aromatic heterocycles. The van der Waals surface area contributed by atoms with Crippen LogP contribution in [-0.4, -0.2) is 115 Å². The lowest BCUT2D eigenvalue weighted by molar-refractivity contribution is 0.0314. The minimum absolute atomic E-state index is 0.264. The van der Waals surface area contributed by atoms with Crippen LogP contribution in [-0.2, 0) is 56.8 Å². The summed E-state index contributed by atoms with van der Waals surface area (Å²) in [5, 5.41) is 0. The number of hydrogen-bond donors (Lipinski definition) is 0. The molecule has 54 heavy (non-hydrogen) atoms. The molecule has 0 N–H and O–H groups in total. The fourth-order valence-corrected chi connectivity index (χ4v) is 4.00. The SMILES string of the molecule is C=COCCOC(=O)c1c(C(=O)OCCOC=C)c(C(=O)OCCOC=C)c(C(=O)OCCOC=C)c(C(=O)OCCOC=C)c1C(=O)OCCOC=C. The second-order valence-electron chi connectivity index (χ2n) is 9.29. The molecule has 0 bridgehead atoms. The maximum absolute atomic E-state index is 14.0. The molecule has 0 saturated heterocycles. The fraction of sp³-hybridized carbons (Fsp3) is 0.333. The smallest absolute Gasteiger partial charge is 0.340 e. The predicted octanol–water partition coefficient (Wildman–Crippen LogP) is 3.59. The second kappa shape index (κ2) is 27.0. The third-order valence-electron chi connectivity index (χ3n) is 6.04. The van der Waals surface area contributed by atoms with Gasteiger partial charge in [-0.3, -0.25) is 0 Å². The number of carbonyl (C=O) groups is 6. The van der Waals surface area contributed by atoms with Crippen molar-refractivity contribution >= 4 is 35.8 Å². The van der Waals surface area contributed by atoms with E-state index >= 15 is 0 Å². The maximum Gasteiger partial charge on any atom is 0.340 e. The number of rotatable bonds is 30. The molecule has 0 fully saturated rings. The Morgan fingerprint density at radius 2 is 0.407 bits per heavy atom. The molecule has 18 heteroatoms. The van der Waals surface area contributed by atoms with Gasteiger partial charge in [-0.1, -0.05) is 39.5 Å². The minimum Gasteiger partial charge on any atom is -0.498 e. The normalized spacial score (nSPS) is 9.78. The van der Waals surface area contributed by atoms with Crippen molar-refractivity contribution in [2.24, 2.45) is 0 Å². The Labute approximate surface area is 311 Å². The van der Waals surface area contributed by atoms with E-state index in [4.69, 9.17) is 56.8 Å². The lowest BCUT2D eigenvalue weighted by Crippen LogP contribution is -2.32. The van der Waals surface area contributed by atoms with Crippen molar-refractivity contribution in [1.82, 2.24) is 0 Å². The molecule has 1 rings (SSSR count). The molecule has 0 aliphatic carbocycles. The summed E-state index contributed by atoms with van der Waals surface area (Å²) in [6.07, 6.45) is 6.28. The van der Waals surface area contributed by atoms with Gasteiger partial charge in [0.15, 0.2) is 0 Å². The summed E-state index contributed by atoms with van der Waals surface area (Å²) in [5.74, 6) is -8.92. The number of ether oxygens (including phenoxy) is 12. The first-order valence-electron chi connectivity index (χ1n) is 15.8. The van der Waals surface area contributed by atoms with Crippen molar-refractivity contribution in [3.63, 3.8) is 0 Å². The van der Waals surface area contributed by atoms with E-state index in [1.165, 1.54) is 0 Å². The van der Waals surface area contributed by atoms with Gasteiger partial charge in [-0.2, -0.15) is 0 Å². The quantitative estimate of drug-likeness (QED) is 0.0474. The van der Waals surface area contributed by atoms with Gasteiger partial charge in [0.05, 0.1) is 71.0 Å². The van der Waals surface area contributed by atoms with Gasteiger partial charge in [0, 0.05) is 0 Å². The number of esters is 6. The molecule has 0 unspecified atom stereocenters. The topological polar surface area (TPSA) is 213 Å². The van der Waals surface area contributed by atoms with Gasteiger partial charge >= 0.3 is 35.8 Å². The van der Waals surface area contributed by atoms with Crippen molar-refractivity contribution in [3.05, 3.63) is 110 Å². The highest BCUT2D eigenvalue weighted by molar-refractivity contribution is 6.24. The van der Waals surface area contributed by atoms with E-state index in [0.717, 1.165) is 37.6 Å². The Balaban J connectivity index is 4.49. The predicted molar refractivity (Wildman–Crippen MR) is 185 cm³/mol. The van der Waals surface area contributed by atoms with Crippen LogP contribution in [0.1, 0.15) is 62.1 Å². The Hall–Kier alpha value is -6.72. The first-order valence-corrected chi connectivity index (χ1v) is 15.8. The zero-order valence-electron chi connectivity index (χ0n) is 29.5. The second-order valence-corrected chi connectivity index (χ2v) is 9.29. The monoisotopic (exact) mass is 762 g/mol. The summed E-state index contributed by atoms with van der Waals surface area (Å²) in [4.78, 5) is 83.9. The van der Waals surface area contributed by atoms with E-state index in [1.54, 1.807) is 0 Å². The first-order chi connectivity index (χ1) is 26.2. The third kappa shape index (κ3) is 14.9. The molecule has 0 atom stereocenters. The van der Waals surface area contributed by atoms with E-state index < -0.39 is 109 Å². The van der Waals surface area contributed by atoms with Gasteiger partial charge < -0.3 is 56.8 Å². The van der Waals surface area contributed by atoms with Gasteiger partial charge in [0.1, 0.15) is 79.3 Å². The highest BCUT2D eigenvalue weighted by Gasteiger charge is 2.43. The van der Waals surface area contributed by atoms with Crippen LogP contribution in [0.3, 0.4) is 0 Å². The molecule has 294 valence electrons. The molecule has 1 aromatic rings. The van der Waals surface area contributed by atoms with E-state index in [0.29, 0.717) is 0 Å². The van der Waals surface area contributed by atoms with Gasteiger partial charge in [-0.05, 0) is 0 Å². The molecule has 0 aliphatic heterocycles. The summed E-state index contributed by atoms with van der Waals surface area (Å²) in [7, 11) is 0. The van der Waals surface area contributed by atoms with Crippen LogP contribution in [0.15, 0.2) is 77.0 Å². The van der Waals surface area contributed by atoms with Crippen molar-refractivity contribution in [3.8, 4) is 0 Å². The van der Waals surface area contributed by atoms with Crippen molar-refractivity contribution < 1.29 is 85.6 Å². The molecular weight excluding hydrogens is 720 g/mol. The largest absolute Gasteiger partial charge is 0.498 e. The van der Waals surface area contributed by atoms with Crippen LogP contribution >= 0.6 is 0 Å². The standard InChI is InChI=1S/C36H42O18/c1-7-43-13-19-49-31(37)25-26(32(38)50-20-14-44-8-2)28(34(40)52-22-16-46-10-4)30(36(42)54-24-18-48-12-6)29(35(41)53-23-17-47-11-5)27(25)33(39)51-21-15-45-9-3/h7-12H,1-6,13-24H2. The lowest BCUT2D eigenvalue weighted by Gasteiger charge is -2.22. The van der Waals surface area contributed by atoms with Crippen molar-refractivity contribution in [2.75, 3.05) is 79.3 Å². The summed E-state index contributed by atoms with van der Waals surface area (Å²) < 4.78 is 61.5. The highest BCUT2D eigenvalue weighted by Crippen LogP contribution is 2.33. The lowest BCUT2D eigenvalue weighted by atomic mass is 9.85. The van der Waals surface area contributed by atoms with Crippen LogP contribution in [0.5, 0.6) is 0 Å². The van der Waals surface area contributed by atoms with Gasteiger partial charge in [0.2, 0.25) is 0 Å². The van der Waals surface area contributed by atoms with E-state index in [-0.39, 0.29) is 39.6 Å². The van der Waals surface area contributed by atoms with Crippen LogP contribution in [0.25, 0.3) is 0 Å². The summed E-state index contributed by atoms with van der Waals surface area (Å²) >= 11 is 0.